The number of hydrogen-bond acceptors (Lipinski definition) is 3. The molecule has 1 atom stereocenters. The van der Waals surface area contributed by atoms with Gasteiger partial charge in [0.05, 0.1) is 22.7 Å². The molecule has 0 spiro atoms. The van der Waals surface area contributed by atoms with E-state index in [0.717, 1.165) is 5.56 Å². The van der Waals surface area contributed by atoms with Crippen molar-refractivity contribution >= 4 is 46.3 Å². The minimum Gasteiger partial charge on any atom is -0.491 e. The van der Waals surface area contributed by atoms with Crippen LogP contribution in [-0.4, -0.2) is 17.5 Å². The molecule has 1 unspecified atom stereocenters. The van der Waals surface area contributed by atoms with Crippen molar-refractivity contribution in [3.63, 3.8) is 0 Å². The summed E-state index contributed by atoms with van der Waals surface area (Å²) in [5.41, 5.74) is 2.58. The number of thiocarbonyl (C=S) groups is 1. The fourth-order valence-corrected chi connectivity index (χ4v) is 3.90. The van der Waals surface area contributed by atoms with Crippen LogP contribution in [0.5, 0.6) is 5.75 Å². The average Bonchev–Trinajstić information content (AvgIpc) is 2.64. The van der Waals surface area contributed by atoms with Crippen molar-refractivity contribution in [2.24, 2.45) is 0 Å². The molecule has 0 saturated heterocycles. The summed E-state index contributed by atoms with van der Waals surface area (Å²) in [7, 11) is 0. The van der Waals surface area contributed by atoms with Gasteiger partial charge in [0.15, 0.2) is 16.6 Å². The van der Waals surface area contributed by atoms with Crippen LogP contribution in [0.1, 0.15) is 35.8 Å². The van der Waals surface area contributed by atoms with Crippen LogP contribution >= 0.6 is 35.4 Å². The number of benzene rings is 2. The summed E-state index contributed by atoms with van der Waals surface area (Å²) < 4.78 is 5.49. The normalized spacial score (nSPS) is 16.6. The van der Waals surface area contributed by atoms with E-state index in [1.807, 2.05) is 32.0 Å². The van der Waals surface area contributed by atoms with Crippen LogP contribution in [0.15, 0.2) is 53.7 Å². The number of ether oxygens (including phenoxy) is 1. The highest BCUT2D eigenvalue weighted by Gasteiger charge is 2.31. The standard InChI is InChI=1S/C20H18Cl2N2O2S/c1-3-26-19-14(21)9-13(10-15(19)22)17-16(11(2)23-20(27)24-17)18(25)12-7-5-4-6-8-12/h4-10,17H,3H2,1-2H3,(H2,23,24,27). The third-order valence-electron chi connectivity index (χ3n) is 4.19. The number of halogens is 2. The highest BCUT2D eigenvalue weighted by atomic mass is 35.5. The van der Waals surface area contributed by atoms with Gasteiger partial charge in [-0.05, 0) is 43.8 Å². The Morgan fingerprint density at radius 1 is 1.19 bits per heavy atom. The van der Waals surface area contributed by atoms with Crippen LogP contribution in [0.25, 0.3) is 0 Å². The van der Waals surface area contributed by atoms with Crippen molar-refractivity contribution in [1.29, 1.82) is 0 Å². The molecule has 1 heterocycles. The quantitative estimate of drug-likeness (QED) is 0.522. The Kier molecular flexibility index (Phi) is 6.05. The van der Waals surface area contributed by atoms with Gasteiger partial charge in [0, 0.05) is 16.8 Å². The number of rotatable bonds is 5. The van der Waals surface area contributed by atoms with Gasteiger partial charge in [-0.3, -0.25) is 4.79 Å². The second-order valence-corrected chi connectivity index (χ2v) is 7.23. The molecule has 0 amide bonds. The SMILES string of the molecule is CCOc1c(Cl)cc(C2NC(=S)NC(C)=C2C(=O)c2ccccc2)cc1Cl. The van der Waals surface area contributed by atoms with E-state index in [1.54, 1.807) is 24.3 Å². The maximum atomic E-state index is 13.2. The zero-order valence-corrected chi connectivity index (χ0v) is 17.1. The highest BCUT2D eigenvalue weighted by molar-refractivity contribution is 7.80. The van der Waals surface area contributed by atoms with Gasteiger partial charge >= 0.3 is 0 Å². The summed E-state index contributed by atoms with van der Waals surface area (Å²) >= 11 is 18.0. The molecule has 4 nitrogen and oxygen atoms in total. The van der Waals surface area contributed by atoms with E-state index in [9.17, 15) is 4.79 Å². The number of carbonyl (C=O) groups is 1. The van der Waals surface area contributed by atoms with Crippen molar-refractivity contribution in [3.8, 4) is 5.75 Å². The van der Waals surface area contributed by atoms with Gasteiger partial charge in [0.1, 0.15) is 0 Å². The molecule has 140 valence electrons. The lowest BCUT2D eigenvalue weighted by molar-refractivity contribution is 0.102. The lowest BCUT2D eigenvalue weighted by Crippen LogP contribution is -2.44. The van der Waals surface area contributed by atoms with Gasteiger partial charge in [-0.15, -0.1) is 0 Å². The van der Waals surface area contributed by atoms with Crippen LogP contribution in [0, 0.1) is 0 Å². The molecule has 0 aliphatic carbocycles. The molecule has 0 radical (unpaired) electrons. The zero-order chi connectivity index (χ0) is 19.6. The van der Waals surface area contributed by atoms with Crippen molar-refractivity contribution in [1.82, 2.24) is 10.6 Å². The van der Waals surface area contributed by atoms with Gasteiger partial charge < -0.3 is 15.4 Å². The largest absolute Gasteiger partial charge is 0.491 e. The second-order valence-electron chi connectivity index (χ2n) is 6.01. The first kappa shape index (κ1) is 19.7. The Morgan fingerprint density at radius 3 is 2.41 bits per heavy atom. The molecule has 0 fully saturated rings. The second kappa shape index (κ2) is 8.30. The molecule has 1 aliphatic rings. The van der Waals surface area contributed by atoms with Gasteiger partial charge in [-0.1, -0.05) is 53.5 Å². The van der Waals surface area contributed by atoms with Gasteiger partial charge in [-0.25, -0.2) is 0 Å². The predicted molar refractivity (Wildman–Crippen MR) is 113 cm³/mol. The highest BCUT2D eigenvalue weighted by Crippen LogP contribution is 2.38. The van der Waals surface area contributed by atoms with Crippen molar-refractivity contribution < 1.29 is 9.53 Å². The Balaban J connectivity index is 2.08. The van der Waals surface area contributed by atoms with Crippen LogP contribution in [0.3, 0.4) is 0 Å². The fourth-order valence-electron chi connectivity index (χ4n) is 3.02. The molecule has 3 rings (SSSR count). The Morgan fingerprint density at radius 2 is 1.81 bits per heavy atom. The summed E-state index contributed by atoms with van der Waals surface area (Å²) in [6.07, 6.45) is 0. The first-order valence-corrected chi connectivity index (χ1v) is 9.58. The lowest BCUT2D eigenvalue weighted by atomic mass is 9.89. The van der Waals surface area contributed by atoms with Crippen LogP contribution in [0.4, 0.5) is 0 Å². The third-order valence-corrected chi connectivity index (χ3v) is 4.97. The van der Waals surface area contributed by atoms with E-state index in [1.165, 1.54) is 0 Å². The third kappa shape index (κ3) is 4.10. The monoisotopic (exact) mass is 420 g/mol. The zero-order valence-electron chi connectivity index (χ0n) is 14.8. The van der Waals surface area contributed by atoms with E-state index >= 15 is 0 Å². The molecule has 0 saturated carbocycles. The number of Topliss-reactive ketones (excluding diaryl/α,β-unsaturated/α-hetero) is 1. The summed E-state index contributed by atoms with van der Waals surface area (Å²) in [6.45, 7) is 4.13. The van der Waals surface area contributed by atoms with Gasteiger partial charge in [0.2, 0.25) is 0 Å². The predicted octanol–water partition coefficient (Wildman–Crippen LogP) is 5.07. The first-order valence-electron chi connectivity index (χ1n) is 8.42. The molecular weight excluding hydrogens is 403 g/mol. The van der Waals surface area contributed by atoms with Crippen LogP contribution in [-0.2, 0) is 0 Å². The number of carbonyl (C=O) groups excluding carboxylic acids is 1. The Bertz CT molecular complexity index is 906. The van der Waals surface area contributed by atoms with E-state index in [-0.39, 0.29) is 5.78 Å². The molecule has 2 aromatic rings. The summed E-state index contributed by atoms with van der Waals surface area (Å²) in [4.78, 5) is 13.2. The molecule has 0 bridgehead atoms. The molecule has 2 N–H and O–H groups in total. The molecule has 7 heteroatoms. The van der Waals surface area contributed by atoms with E-state index in [0.29, 0.717) is 44.3 Å². The number of ketones is 1. The molecule has 2 aromatic carbocycles. The Hall–Kier alpha value is -2.08. The average molecular weight is 421 g/mol. The minimum atomic E-state index is -0.475. The summed E-state index contributed by atoms with van der Waals surface area (Å²) in [5, 5.41) is 7.38. The fraction of sp³-hybridized carbons (Fsp3) is 0.200. The topological polar surface area (TPSA) is 50.4 Å². The van der Waals surface area contributed by atoms with Gasteiger partial charge in [0.25, 0.3) is 0 Å². The molecule has 1 aliphatic heterocycles. The first-order chi connectivity index (χ1) is 12.9. The summed E-state index contributed by atoms with van der Waals surface area (Å²) in [5.74, 6) is 0.333. The number of allylic oxidation sites excluding steroid dienone is 1. The van der Waals surface area contributed by atoms with Crippen molar-refractivity contribution in [3.05, 3.63) is 74.9 Å². The maximum Gasteiger partial charge on any atom is 0.193 e. The smallest absolute Gasteiger partial charge is 0.193 e. The van der Waals surface area contributed by atoms with E-state index in [2.05, 4.69) is 10.6 Å². The molecule has 27 heavy (non-hydrogen) atoms. The van der Waals surface area contributed by atoms with Crippen molar-refractivity contribution in [2.45, 2.75) is 19.9 Å². The minimum absolute atomic E-state index is 0.0956. The van der Waals surface area contributed by atoms with Crippen molar-refractivity contribution in [2.75, 3.05) is 6.61 Å². The van der Waals surface area contributed by atoms with E-state index < -0.39 is 6.04 Å². The van der Waals surface area contributed by atoms with Crippen LogP contribution in [0.2, 0.25) is 10.0 Å². The molecular formula is C20H18Cl2N2O2S. The Labute approximate surface area is 173 Å². The number of nitrogens with one attached hydrogen (secondary N) is 2. The number of hydrogen-bond donors (Lipinski definition) is 2. The maximum absolute atomic E-state index is 13.2. The summed E-state index contributed by atoms with van der Waals surface area (Å²) in [6, 6.07) is 12.1. The van der Waals surface area contributed by atoms with E-state index in [4.69, 9.17) is 40.2 Å². The van der Waals surface area contributed by atoms with Crippen LogP contribution < -0.4 is 15.4 Å². The van der Waals surface area contributed by atoms with Gasteiger partial charge in [-0.2, -0.15) is 0 Å². The lowest BCUT2D eigenvalue weighted by Gasteiger charge is -2.31. The molecule has 0 aromatic heterocycles.